The Morgan fingerprint density at radius 3 is 2.62 bits per heavy atom. The molecule has 0 saturated heterocycles. The van der Waals surface area contributed by atoms with Crippen LogP contribution in [0.3, 0.4) is 0 Å². The second kappa shape index (κ2) is 8.13. The molecule has 4 N–H and O–H groups in total. The average Bonchev–Trinajstić information content (AvgIpc) is 2.57. The number of methoxy groups -OCH3 is 1. The maximum absolute atomic E-state index is 12.5. The molecule has 10 heteroatoms. The summed E-state index contributed by atoms with van der Waals surface area (Å²) < 4.78 is 30.1. The number of halogens is 2. The number of rotatable bonds is 7. The van der Waals surface area contributed by atoms with Crippen LogP contribution in [-0.2, 0) is 16.4 Å². The van der Waals surface area contributed by atoms with Gasteiger partial charge in [0.2, 0.25) is 0 Å². The summed E-state index contributed by atoms with van der Waals surface area (Å²) in [6.45, 7) is 0.269. The van der Waals surface area contributed by atoms with E-state index in [1.165, 1.54) is 7.11 Å². The molecule has 0 fully saturated rings. The summed E-state index contributed by atoms with van der Waals surface area (Å²) >= 11 is 11.7. The predicted molar refractivity (Wildman–Crippen MR) is 99.7 cm³/mol. The Hall–Kier alpha value is -2.00. The largest absolute Gasteiger partial charge is 0.497 e. The molecule has 0 spiro atoms. The van der Waals surface area contributed by atoms with E-state index >= 15 is 0 Å². The summed E-state index contributed by atoms with van der Waals surface area (Å²) in [5.74, 6) is -1.18. The molecule has 0 aliphatic rings. The van der Waals surface area contributed by atoms with Crippen LogP contribution in [0.1, 0.15) is 15.9 Å². The lowest BCUT2D eigenvalue weighted by Crippen LogP contribution is -2.24. The van der Waals surface area contributed by atoms with E-state index in [1.807, 2.05) is 6.07 Å². The number of benzene rings is 2. The van der Waals surface area contributed by atoms with Crippen LogP contribution in [0.15, 0.2) is 35.2 Å². The fourth-order valence-corrected chi connectivity index (χ4v) is 4.25. The third kappa shape index (κ3) is 4.39. The summed E-state index contributed by atoms with van der Waals surface area (Å²) in [6, 6.07) is 8.13. The SMILES string of the molecule is COc1cccc(CNCS(=O)(=O)c2cc(Cl)c(C(=O)O)c(Cl)c2N)c1. The van der Waals surface area contributed by atoms with Crippen LogP contribution in [0.4, 0.5) is 5.69 Å². The topological polar surface area (TPSA) is 119 Å². The zero-order valence-electron chi connectivity index (χ0n) is 13.6. The number of carbonyl (C=O) groups is 1. The van der Waals surface area contributed by atoms with Gasteiger partial charge < -0.3 is 15.6 Å². The Balaban J connectivity index is 2.21. The van der Waals surface area contributed by atoms with Crippen LogP contribution in [0.5, 0.6) is 5.75 Å². The van der Waals surface area contributed by atoms with E-state index < -0.39 is 32.3 Å². The molecule has 0 amide bonds. The first kappa shape index (κ1) is 20.3. The van der Waals surface area contributed by atoms with Gasteiger partial charge >= 0.3 is 5.97 Å². The number of nitrogens with two attached hydrogens (primary N) is 1. The molecule has 0 heterocycles. The molecule has 0 bridgehead atoms. The molecule has 0 aliphatic heterocycles. The number of nitrogen functional groups attached to an aromatic ring is 1. The second-order valence-electron chi connectivity index (χ2n) is 5.30. The highest BCUT2D eigenvalue weighted by atomic mass is 35.5. The van der Waals surface area contributed by atoms with E-state index in [0.29, 0.717) is 5.75 Å². The van der Waals surface area contributed by atoms with E-state index in [-0.39, 0.29) is 22.2 Å². The van der Waals surface area contributed by atoms with Crippen LogP contribution in [-0.4, -0.2) is 32.5 Å². The number of sulfone groups is 1. The maximum Gasteiger partial charge on any atom is 0.338 e. The molecule has 0 unspecified atom stereocenters. The Morgan fingerprint density at radius 1 is 1.31 bits per heavy atom. The van der Waals surface area contributed by atoms with Gasteiger partial charge in [-0.3, -0.25) is 5.32 Å². The van der Waals surface area contributed by atoms with E-state index in [0.717, 1.165) is 11.6 Å². The third-order valence-electron chi connectivity index (χ3n) is 3.52. The number of carboxylic acids is 1. The van der Waals surface area contributed by atoms with E-state index in [2.05, 4.69) is 5.32 Å². The fourth-order valence-electron chi connectivity index (χ4n) is 2.26. The lowest BCUT2D eigenvalue weighted by molar-refractivity contribution is 0.0697. The third-order valence-corrected chi connectivity index (χ3v) is 5.81. The molecule has 7 nitrogen and oxygen atoms in total. The number of ether oxygens (including phenoxy) is 1. The number of hydrogen-bond acceptors (Lipinski definition) is 6. The maximum atomic E-state index is 12.5. The molecule has 2 aromatic carbocycles. The van der Waals surface area contributed by atoms with Gasteiger partial charge in [-0.15, -0.1) is 0 Å². The summed E-state index contributed by atoms with van der Waals surface area (Å²) in [4.78, 5) is 10.8. The lowest BCUT2D eigenvalue weighted by atomic mass is 10.2. The van der Waals surface area contributed by atoms with Crippen molar-refractivity contribution >= 4 is 44.7 Å². The Kier molecular flexibility index (Phi) is 6.35. The quantitative estimate of drug-likeness (QED) is 0.591. The van der Waals surface area contributed by atoms with Crippen LogP contribution >= 0.6 is 23.2 Å². The van der Waals surface area contributed by atoms with Gasteiger partial charge in [0.1, 0.15) is 11.6 Å². The van der Waals surface area contributed by atoms with Crippen LogP contribution in [0.2, 0.25) is 10.0 Å². The summed E-state index contributed by atoms with van der Waals surface area (Å²) in [5, 5.41) is 11.2. The smallest absolute Gasteiger partial charge is 0.338 e. The predicted octanol–water partition coefficient (Wildman–Crippen LogP) is 2.80. The van der Waals surface area contributed by atoms with Gasteiger partial charge in [0.25, 0.3) is 0 Å². The zero-order valence-corrected chi connectivity index (χ0v) is 16.0. The van der Waals surface area contributed by atoms with Crippen molar-refractivity contribution in [1.29, 1.82) is 0 Å². The summed E-state index contributed by atoms with van der Waals surface area (Å²) in [6.07, 6.45) is 0. The first-order valence-electron chi connectivity index (χ1n) is 7.24. The number of aromatic carboxylic acids is 1. The molecular formula is C16H16Cl2N2O5S. The van der Waals surface area contributed by atoms with Crippen molar-refractivity contribution in [2.24, 2.45) is 0 Å². The van der Waals surface area contributed by atoms with Gasteiger partial charge in [-0.25, -0.2) is 13.2 Å². The highest BCUT2D eigenvalue weighted by Crippen LogP contribution is 2.35. The van der Waals surface area contributed by atoms with Crippen LogP contribution in [0, 0.1) is 0 Å². The molecule has 140 valence electrons. The Morgan fingerprint density at radius 2 is 2.00 bits per heavy atom. The van der Waals surface area contributed by atoms with Crippen molar-refractivity contribution < 1.29 is 23.1 Å². The molecule has 2 rings (SSSR count). The minimum Gasteiger partial charge on any atom is -0.497 e. The number of nitrogens with one attached hydrogen (secondary N) is 1. The standard InChI is InChI=1S/C16H16Cl2N2O5S/c1-25-10-4-2-3-9(5-10)7-20-8-26(23,24)12-6-11(17)13(16(21)22)14(18)15(12)19/h2-6,20H,7-8,19H2,1H3,(H,21,22). The van der Waals surface area contributed by atoms with Gasteiger partial charge in [-0.1, -0.05) is 35.3 Å². The molecular weight excluding hydrogens is 403 g/mol. The highest BCUT2D eigenvalue weighted by Gasteiger charge is 2.25. The number of anilines is 1. The van der Waals surface area contributed by atoms with Crippen molar-refractivity contribution in [2.45, 2.75) is 11.4 Å². The minimum atomic E-state index is -3.89. The van der Waals surface area contributed by atoms with Gasteiger partial charge in [-0.05, 0) is 23.8 Å². The average molecular weight is 419 g/mol. The molecule has 0 aromatic heterocycles. The summed E-state index contributed by atoms with van der Waals surface area (Å²) in [5.41, 5.74) is 5.76. The van der Waals surface area contributed by atoms with Gasteiger partial charge in [-0.2, -0.15) is 0 Å². The monoisotopic (exact) mass is 418 g/mol. The molecule has 0 radical (unpaired) electrons. The van der Waals surface area contributed by atoms with E-state index in [1.54, 1.807) is 18.2 Å². The van der Waals surface area contributed by atoms with Crippen molar-refractivity contribution in [1.82, 2.24) is 5.32 Å². The highest BCUT2D eigenvalue weighted by molar-refractivity contribution is 7.91. The Labute approximate surface area is 160 Å². The molecule has 26 heavy (non-hydrogen) atoms. The molecule has 0 atom stereocenters. The van der Waals surface area contributed by atoms with Crippen molar-refractivity contribution in [3.63, 3.8) is 0 Å². The van der Waals surface area contributed by atoms with Crippen molar-refractivity contribution in [3.05, 3.63) is 51.5 Å². The molecule has 0 aliphatic carbocycles. The first-order valence-corrected chi connectivity index (χ1v) is 9.65. The normalized spacial score (nSPS) is 11.3. The van der Waals surface area contributed by atoms with Crippen LogP contribution < -0.4 is 15.8 Å². The fraction of sp³-hybridized carbons (Fsp3) is 0.188. The minimum absolute atomic E-state index is 0.269. The van der Waals surface area contributed by atoms with Crippen molar-refractivity contribution in [3.8, 4) is 5.75 Å². The first-order chi connectivity index (χ1) is 12.2. The van der Waals surface area contributed by atoms with Gasteiger partial charge in [0.15, 0.2) is 9.84 Å². The molecule has 2 aromatic rings. The van der Waals surface area contributed by atoms with Gasteiger partial charge in [0, 0.05) is 6.54 Å². The Bertz CT molecular complexity index is 948. The second-order valence-corrected chi connectivity index (χ2v) is 8.04. The van der Waals surface area contributed by atoms with Crippen LogP contribution in [0.25, 0.3) is 0 Å². The lowest BCUT2D eigenvalue weighted by Gasteiger charge is -2.13. The summed E-state index contributed by atoms with van der Waals surface area (Å²) in [7, 11) is -2.36. The molecule has 0 saturated carbocycles. The van der Waals surface area contributed by atoms with E-state index in [9.17, 15) is 13.2 Å². The van der Waals surface area contributed by atoms with Crippen molar-refractivity contribution in [2.75, 3.05) is 18.7 Å². The van der Waals surface area contributed by atoms with Gasteiger partial charge in [0.05, 0.1) is 33.3 Å². The number of hydrogen-bond donors (Lipinski definition) is 3. The number of carboxylic acid groups (broad SMARTS) is 1. The zero-order chi connectivity index (χ0) is 19.5. The van der Waals surface area contributed by atoms with E-state index in [4.69, 9.17) is 38.8 Å².